The first-order valence-corrected chi connectivity index (χ1v) is 32.1. The van der Waals surface area contributed by atoms with Gasteiger partial charge in [-0.25, -0.2) is 19.9 Å². The molecule has 1 amide bonds. The minimum atomic E-state index is -0.0497. The van der Waals surface area contributed by atoms with Crippen LogP contribution in [0.5, 0.6) is 0 Å². The number of aryl methyl sites for hydroxylation is 3. The Hall–Kier alpha value is -8.52. The summed E-state index contributed by atoms with van der Waals surface area (Å²) in [6, 6.07) is 30.2. The minimum Gasteiger partial charge on any atom is -0.358 e. The average molecular weight is 1530 g/mol. The zero-order valence-electron chi connectivity index (χ0n) is 52.7. The first kappa shape index (κ1) is 66.4. The van der Waals surface area contributed by atoms with Crippen LogP contribution in [0.2, 0.25) is 0 Å². The van der Waals surface area contributed by atoms with Crippen LogP contribution in [0.3, 0.4) is 0 Å². The number of aromatic nitrogens is 15. The molecule has 0 unspecified atom stereocenters. The number of aromatic amines is 3. The predicted octanol–water partition coefficient (Wildman–Crippen LogP) is 15.0. The molecule has 9 heterocycles. The molecular weight excluding hydrogens is 1460 g/mol. The van der Waals surface area contributed by atoms with Crippen molar-refractivity contribution in [2.24, 2.45) is 0 Å². The van der Waals surface area contributed by atoms with Crippen LogP contribution in [0.4, 0.5) is 5.69 Å². The number of pyridine rings is 3. The van der Waals surface area contributed by atoms with Crippen LogP contribution in [0.15, 0.2) is 172 Å². The number of fused-ring (bicyclic) bond motifs is 3. The molecule has 0 bridgehead atoms. The number of anilines is 1. The molecule has 3 fully saturated rings. The maximum atomic E-state index is 13.7. The molecule has 0 spiro atoms. The van der Waals surface area contributed by atoms with Crippen molar-refractivity contribution in [1.29, 1.82) is 0 Å². The number of nitrogens with zero attached hydrogens (tertiary/aromatic N) is 13. The number of amides is 1. The van der Waals surface area contributed by atoms with Crippen LogP contribution in [-0.2, 0) is 27.5 Å². The van der Waals surface area contributed by atoms with Gasteiger partial charge in [0, 0.05) is 126 Å². The van der Waals surface area contributed by atoms with Crippen molar-refractivity contribution in [1.82, 2.24) is 73.6 Å². The van der Waals surface area contributed by atoms with Gasteiger partial charge in [0.2, 0.25) is 0 Å². The molecule has 1 aliphatic heterocycles. The molecule has 92 heavy (non-hydrogen) atoms. The Morgan fingerprint density at radius 2 is 1.16 bits per heavy atom. The SMILES string of the molecule is CC(C)n1cnnc1-c1cccc(Br)n1.Cc1cc2c(cc1-n1cnc(C3CC3)c1)C(=O)N(c1cccc(-c3nncn3C(C)C)c1)CC2.Cc1cc2cc[nH]c(=O)c2cc1-n1cnc(C2CC2)c1.Cc1cc2cc[nH]c(=O)c2cc1Br.[CH3-].[W].c1ncc(C2CC2)[nH]1. The van der Waals surface area contributed by atoms with Crippen molar-refractivity contribution in [2.45, 2.75) is 123 Å². The van der Waals surface area contributed by atoms with E-state index in [4.69, 9.17) is 0 Å². The Morgan fingerprint density at radius 1 is 0.598 bits per heavy atom. The van der Waals surface area contributed by atoms with E-state index in [-0.39, 0.29) is 51.6 Å². The number of carbonyl (C=O) groups is 1. The quantitative estimate of drug-likeness (QED) is 0.0862. The maximum absolute atomic E-state index is 13.7. The van der Waals surface area contributed by atoms with E-state index in [2.05, 4.69) is 158 Å². The molecule has 3 aliphatic carbocycles. The minimum absolute atomic E-state index is 0. The molecular formula is C70H73Br2N16O3W-. The van der Waals surface area contributed by atoms with E-state index >= 15 is 0 Å². The Kier molecular flexibility index (Phi) is 20.9. The Labute approximate surface area is 565 Å². The topological polar surface area (TPSA) is 225 Å². The summed E-state index contributed by atoms with van der Waals surface area (Å²) in [5.74, 6) is 3.70. The van der Waals surface area contributed by atoms with Crippen molar-refractivity contribution in [2.75, 3.05) is 11.4 Å². The summed E-state index contributed by atoms with van der Waals surface area (Å²) >= 11 is 6.74. The molecule has 4 aliphatic rings. The standard InChI is InChI=1S/C27H28N6O.C16H15N3O.C10H11BrN4.C10H8BrNO.C6H8N2.CH3.W/c1-17(2)33-16-29-30-26(33)21-5-4-6-22(12-21)32-10-9-20-11-18(3)25(13-23(20)27(32)34)31-14-24(28-15-31)19-7-8-19;1-10-6-12-4-5-17-16(20)13(12)7-15(10)19-8-14(18-9-19)11-2-3-11;1-7(2)15-6-12-14-10(15)8-4-3-5-9(11)13-8;1-6-4-7-2-3-12-10(13)8(7)5-9(6)11;1-2-5(1)6-3-7-4-8-6;;/h4-6,11-17,19H,7-10H2,1-3H3;4-9,11H,2-3H2,1H3,(H,17,20);3-7H,1-2H3;2-5H,1H3,(H,12,13);3-5H,1-2H2,(H,7,8);1H3;/q;;;;;-1;. The molecule has 0 radical (unpaired) electrons. The number of rotatable bonds is 10. The van der Waals surface area contributed by atoms with Gasteiger partial charge in [-0.15, -0.1) is 20.4 Å². The fourth-order valence-electron chi connectivity index (χ4n) is 11.1. The predicted molar refractivity (Wildman–Crippen MR) is 365 cm³/mol. The molecule has 8 aromatic heterocycles. The molecule has 22 heteroatoms. The van der Waals surface area contributed by atoms with E-state index in [1.54, 1.807) is 31.4 Å². The van der Waals surface area contributed by atoms with E-state index < -0.39 is 0 Å². The molecule has 16 rings (SSSR count). The second kappa shape index (κ2) is 29.0. The fourth-order valence-corrected chi connectivity index (χ4v) is 11.8. The second-order valence-electron chi connectivity index (χ2n) is 24.0. The van der Waals surface area contributed by atoms with Gasteiger partial charge < -0.3 is 45.5 Å². The summed E-state index contributed by atoms with van der Waals surface area (Å²) in [7, 11) is 0. The van der Waals surface area contributed by atoms with Crippen LogP contribution in [-0.4, -0.2) is 86.0 Å². The van der Waals surface area contributed by atoms with Gasteiger partial charge in [0.15, 0.2) is 11.6 Å². The summed E-state index contributed by atoms with van der Waals surface area (Å²) in [4.78, 5) is 64.6. The molecule has 3 saturated carbocycles. The fraction of sp³-hybridized carbons (Fsp3) is 0.286. The van der Waals surface area contributed by atoms with Crippen LogP contribution in [0, 0.1) is 28.2 Å². The van der Waals surface area contributed by atoms with Crippen molar-refractivity contribution in [3.63, 3.8) is 0 Å². The van der Waals surface area contributed by atoms with Gasteiger partial charge in [0.1, 0.15) is 23.0 Å². The van der Waals surface area contributed by atoms with Gasteiger partial charge in [-0.05, 0) is 203 Å². The monoisotopic (exact) mass is 1530 g/mol. The normalized spacial score (nSPS) is 14.0. The van der Waals surface area contributed by atoms with Crippen LogP contribution < -0.4 is 16.0 Å². The van der Waals surface area contributed by atoms with Gasteiger partial charge in [0.05, 0.1) is 41.7 Å². The molecule has 12 aromatic rings. The van der Waals surface area contributed by atoms with Crippen LogP contribution in [0.1, 0.15) is 146 Å². The first-order chi connectivity index (χ1) is 43.5. The third-order valence-electron chi connectivity index (χ3n) is 16.6. The molecule has 19 nitrogen and oxygen atoms in total. The van der Waals surface area contributed by atoms with Gasteiger partial charge >= 0.3 is 0 Å². The summed E-state index contributed by atoms with van der Waals surface area (Å²) in [6.07, 6.45) is 26.9. The Balaban J connectivity index is 0.000000136. The molecule has 4 aromatic carbocycles. The number of carbonyl (C=O) groups excluding carboxylic acids is 1. The van der Waals surface area contributed by atoms with E-state index in [1.807, 2.05) is 123 Å². The van der Waals surface area contributed by atoms with Crippen molar-refractivity contribution in [3.05, 3.63) is 236 Å². The van der Waals surface area contributed by atoms with E-state index in [0.717, 1.165) is 122 Å². The first-order valence-electron chi connectivity index (χ1n) is 30.5. The molecule has 0 atom stereocenters. The third kappa shape index (κ3) is 15.2. The van der Waals surface area contributed by atoms with E-state index in [1.165, 1.54) is 44.2 Å². The van der Waals surface area contributed by atoms with Crippen molar-refractivity contribution in [3.8, 4) is 34.3 Å². The maximum Gasteiger partial charge on any atom is 0.258 e. The number of imidazole rings is 3. The van der Waals surface area contributed by atoms with Gasteiger partial charge in [0.25, 0.3) is 17.0 Å². The summed E-state index contributed by atoms with van der Waals surface area (Å²) in [6.45, 7) is 15.2. The van der Waals surface area contributed by atoms with E-state index in [0.29, 0.717) is 24.4 Å². The average Bonchev–Trinajstić information content (AvgIpc) is 1.39. The second-order valence-corrected chi connectivity index (χ2v) is 25.6. The number of hydrogen-bond donors (Lipinski definition) is 3. The van der Waals surface area contributed by atoms with Crippen molar-refractivity contribution < 1.29 is 25.9 Å². The number of halogens is 2. The van der Waals surface area contributed by atoms with Gasteiger partial charge in [-0.3, -0.25) is 14.4 Å². The zero-order valence-corrected chi connectivity index (χ0v) is 58.8. The summed E-state index contributed by atoms with van der Waals surface area (Å²) in [5.41, 5.74) is 13.6. The summed E-state index contributed by atoms with van der Waals surface area (Å²) in [5, 5.41) is 19.8. The molecule has 3 N–H and O–H groups in total. The largest absolute Gasteiger partial charge is 0.358 e. The number of hydrogen-bond acceptors (Lipinski definition) is 11. The zero-order chi connectivity index (χ0) is 62.7. The number of H-pyrrole nitrogens is 3. The Morgan fingerprint density at radius 3 is 1.75 bits per heavy atom. The van der Waals surface area contributed by atoms with Crippen molar-refractivity contribution >= 4 is 65.0 Å². The Bertz CT molecular complexity index is 4660. The number of benzene rings is 4. The van der Waals surface area contributed by atoms with Crippen LogP contribution in [0.25, 0.3) is 55.8 Å². The van der Waals surface area contributed by atoms with Gasteiger partial charge in [-0.1, -0.05) is 46.3 Å². The van der Waals surface area contributed by atoms with Crippen LogP contribution >= 0.6 is 31.9 Å². The summed E-state index contributed by atoms with van der Waals surface area (Å²) < 4.78 is 9.90. The third-order valence-corrected chi connectivity index (χ3v) is 17.8. The van der Waals surface area contributed by atoms with E-state index in [9.17, 15) is 14.4 Å². The number of nitrogens with one attached hydrogen (secondary N) is 3. The molecule has 0 saturated heterocycles. The smallest absolute Gasteiger partial charge is 0.258 e. The molecule has 472 valence electrons. The van der Waals surface area contributed by atoms with Gasteiger partial charge in [-0.2, -0.15) is 0 Å².